The Bertz CT molecular complexity index is 911. The summed E-state index contributed by atoms with van der Waals surface area (Å²) in [5, 5.41) is 14.0. The molecule has 0 aliphatic carbocycles. The van der Waals surface area contributed by atoms with Crippen LogP contribution in [0.2, 0.25) is 5.02 Å². The van der Waals surface area contributed by atoms with E-state index in [0.717, 1.165) is 28.7 Å². The van der Waals surface area contributed by atoms with Crippen molar-refractivity contribution in [3.8, 4) is 0 Å². The Labute approximate surface area is 167 Å². The fraction of sp³-hybridized carbons (Fsp3) is 0.389. The second kappa shape index (κ2) is 8.88. The maximum absolute atomic E-state index is 9.14. The molecular weight excluding hydrogens is 384 g/mol. The number of aliphatic hydroxyl groups excluding tert-OH is 1. The van der Waals surface area contributed by atoms with Gasteiger partial charge in [0, 0.05) is 29.6 Å². The van der Waals surface area contributed by atoms with E-state index >= 15 is 0 Å². The maximum atomic E-state index is 9.14. The number of nitrogens with two attached hydrogens (primary N) is 1. The number of nitrogens with one attached hydrogen (secondary N) is 1. The second-order valence-electron chi connectivity index (χ2n) is 6.54. The number of hydrogen-bond acceptors (Lipinski definition) is 7. The number of nitrogens with zero attached hydrogens (tertiary/aromatic N) is 4. The second-order valence-corrected chi connectivity index (χ2v) is 8.01. The van der Waals surface area contributed by atoms with Crippen molar-refractivity contribution in [2.24, 2.45) is 5.92 Å². The molecule has 3 rings (SSSR count). The van der Waals surface area contributed by atoms with Crippen LogP contribution in [0.1, 0.15) is 12.5 Å². The molecule has 0 saturated carbocycles. The summed E-state index contributed by atoms with van der Waals surface area (Å²) >= 11 is 7.71. The molecule has 0 spiro atoms. The van der Waals surface area contributed by atoms with Gasteiger partial charge in [0.25, 0.3) is 0 Å². The van der Waals surface area contributed by atoms with E-state index in [1.165, 1.54) is 18.1 Å². The summed E-state index contributed by atoms with van der Waals surface area (Å²) in [5.74, 6) is 0.579. The number of hydrogen-bond donors (Lipinski definition) is 3. The van der Waals surface area contributed by atoms with Gasteiger partial charge in [0.15, 0.2) is 22.1 Å². The van der Waals surface area contributed by atoms with Crippen LogP contribution in [0.25, 0.3) is 11.2 Å². The molecular formula is C18H23ClN6OS. The first-order valence-corrected chi connectivity index (χ1v) is 9.90. The number of nitrogen functional groups attached to an aromatic ring is 1. The monoisotopic (exact) mass is 406 g/mol. The van der Waals surface area contributed by atoms with Crippen molar-refractivity contribution in [1.82, 2.24) is 24.8 Å². The number of rotatable bonds is 8. The molecule has 0 fully saturated rings. The fourth-order valence-corrected chi connectivity index (χ4v) is 4.11. The molecule has 4 N–H and O–H groups in total. The summed E-state index contributed by atoms with van der Waals surface area (Å²) in [6.07, 6.45) is 1.45. The van der Waals surface area contributed by atoms with Gasteiger partial charge in [-0.1, -0.05) is 30.3 Å². The summed E-state index contributed by atoms with van der Waals surface area (Å²) in [7, 11) is 0. The third-order valence-electron chi connectivity index (χ3n) is 4.07. The molecule has 27 heavy (non-hydrogen) atoms. The molecule has 3 aromatic rings. The summed E-state index contributed by atoms with van der Waals surface area (Å²) in [5.41, 5.74) is 8.39. The summed E-state index contributed by atoms with van der Waals surface area (Å²) in [6, 6.07) is 5.90. The highest BCUT2D eigenvalue weighted by atomic mass is 35.5. The molecule has 0 aliphatic heterocycles. The molecule has 1 unspecified atom stereocenters. The number of halogens is 1. The van der Waals surface area contributed by atoms with Gasteiger partial charge in [0.05, 0.1) is 0 Å². The minimum Gasteiger partial charge on any atom is -0.396 e. The fourth-order valence-electron chi connectivity index (χ4n) is 2.68. The Balaban J connectivity index is 1.87. The molecule has 1 aromatic carbocycles. The minimum absolute atomic E-state index is 0.167. The molecule has 2 aromatic heterocycles. The molecule has 0 amide bonds. The van der Waals surface area contributed by atoms with Gasteiger partial charge in [-0.3, -0.25) is 0 Å². The Morgan fingerprint density at radius 3 is 2.89 bits per heavy atom. The highest BCUT2D eigenvalue weighted by Gasteiger charge is 2.16. The largest absolute Gasteiger partial charge is 0.396 e. The number of anilines is 1. The molecule has 0 radical (unpaired) electrons. The number of aliphatic hydroxyl groups is 1. The van der Waals surface area contributed by atoms with E-state index in [2.05, 4.69) is 26.3 Å². The number of imidazole rings is 1. The first kappa shape index (κ1) is 19.9. The zero-order chi connectivity index (χ0) is 19.4. The van der Waals surface area contributed by atoms with Gasteiger partial charge >= 0.3 is 0 Å². The van der Waals surface area contributed by atoms with Crippen molar-refractivity contribution in [1.29, 1.82) is 0 Å². The van der Waals surface area contributed by atoms with Crippen molar-refractivity contribution in [3.63, 3.8) is 0 Å². The average molecular weight is 407 g/mol. The Hall–Kier alpha value is -1.87. The Morgan fingerprint density at radius 2 is 2.15 bits per heavy atom. The first-order valence-electron chi connectivity index (χ1n) is 8.71. The van der Waals surface area contributed by atoms with Crippen molar-refractivity contribution in [2.45, 2.75) is 30.4 Å². The molecule has 7 nitrogen and oxygen atoms in total. The van der Waals surface area contributed by atoms with Crippen LogP contribution in [-0.4, -0.2) is 44.3 Å². The summed E-state index contributed by atoms with van der Waals surface area (Å²) in [6.45, 7) is 6.32. The topological polar surface area (TPSA) is 102 Å². The molecule has 144 valence electrons. The summed E-state index contributed by atoms with van der Waals surface area (Å²) < 4.78 is 2.03. The lowest BCUT2D eigenvalue weighted by Crippen LogP contribution is -2.26. The third-order valence-corrected chi connectivity index (χ3v) is 5.25. The van der Waals surface area contributed by atoms with Gasteiger partial charge in [-0.25, -0.2) is 15.0 Å². The molecule has 9 heteroatoms. The van der Waals surface area contributed by atoms with Crippen LogP contribution in [-0.2, 0) is 6.54 Å². The van der Waals surface area contributed by atoms with Gasteiger partial charge in [0.1, 0.15) is 6.33 Å². The van der Waals surface area contributed by atoms with Crippen LogP contribution < -0.4 is 11.1 Å². The Morgan fingerprint density at radius 1 is 1.33 bits per heavy atom. The molecule has 0 bridgehead atoms. The van der Waals surface area contributed by atoms with Crippen LogP contribution in [0.3, 0.4) is 0 Å². The van der Waals surface area contributed by atoms with E-state index < -0.39 is 0 Å². The molecule has 2 heterocycles. The smallest absolute Gasteiger partial charge is 0.175 e. The van der Waals surface area contributed by atoms with Gasteiger partial charge in [-0.2, -0.15) is 0 Å². The van der Waals surface area contributed by atoms with E-state index in [1.54, 1.807) is 0 Å². The standard InChI is InChI=1S/C18H23ClN6OS/c1-11-5-13(19)7-14(6-11)27-18-24-15-16(20)22-10-23-17(15)25(18)4-3-21-8-12(2)9-26/h5-7,10,12,21,26H,3-4,8-9H2,1-2H3,(H2,20,22,23). The zero-order valence-corrected chi connectivity index (χ0v) is 16.9. The number of aryl methyl sites for hydroxylation is 1. The predicted molar refractivity (Wildman–Crippen MR) is 109 cm³/mol. The van der Waals surface area contributed by atoms with Crippen LogP contribution >= 0.6 is 23.4 Å². The highest BCUT2D eigenvalue weighted by molar-refractivity contribution is 7.99. The highest BCUT2D eigenvalue weighted by Crippen LogP contribution is 2.32. The minimum atomic E-state index is 0.167. The number of benzene rings is 1. The van der Waals surface area contributed by atoms with Crippen molar-refractivity contribution >= 4 is 40.3 Å². The van der Waals surface area contributed by atoms with E-state index in [1.807, 2.05) is 30.5 Å². The number of aromatic nitrogens is 4. The van der Waals surface area contributed by atoms with Crippen molar-refractivity contribution in [2.75, 3.05) is 25.4 Å². The lowest BCUT2D eigenvalue weighted by Gasteiger charge is -2.12. The van der Waals surface area contributed by atoms with Crippen molar-refractivity contribution in [3.05, 3.63) is 35.1 Å². The van der Waals surface area contributed by atoms with Crippen LogP contribution in [0.4, 0.5) is 5.82 Å². The van der Waals surface area contributed by atoms with E-state index in [4.69, 9.17) is 22.4 Å². The number of fused-ring (bicyclic) bond motifs is 1. The summed E-state index contributed by atoms with van der Waals surface area (Å²) in [4.78, 5) is 14.1. The van der Waals surface area contributed by atoms with Gasteiger partial charge < -0.3 is 20.7 Å². The molecule has 1 atom stereocenters. The van der Waals surface area contributed by atoms with Gasteiger partial charge in [-0.15, -0.1) is 0 Å². The zero-order valence-electron chi connectivity index (χ0n) is 15.3. The lowest BCUT2D eigenvalue weighted by atomic mass is 10.2. The predicted octanol–water partition coefficient (Wildman–Crippen LogP) is 2.74. The average Bonchev–Trinajstić information content (AvgIpc) is 2.96. The SMILES string of the molecule is Cc1cc(Cl)cc(Sc2nc3c(N)ncnc3n2CCNCC(C)CO)c1. The normalized spacial score (nSPS) is 12.6. The third kappa shape index (κ3) is 4.90. The molecule has 0 saturated heterocycles. The maximum Gasteiger partial charge on any atom is 0.175 e. The molecule has 0 aliphatic rings. The van der Waals surface area contributed by atoms with Crippen LogP contribution in [0, 0.1) is 12.8 Å². The van der Waals surface area contributed by atoms with Gasteiger partial charge in [-0.05, 0) is 43.1 Å². The van der Waals surface area contributed by atoms with E-state index in [0.29, 0.717) is 28.5 Å². The van der Waals surface area contributed by atoms with E-state index in [-0.39, 0.29) is 12.5 Å². The first-order chi connectivity index (χ1) is 13.0. The van der Waals surface area contributed by atoms with Gasteiger partial charge in [0.2, 0.25) is 0 Å². The van der Waals surface area contributed by atoms with Crippen LogP contribution in [0.5, 0.6) is 0 Å². The Kier molecular flexibility index (Phi) is 6.54. The lowest BCUT2D eigenvalue weighted by molar-refractivity contribution is 0.233. The van der Waals surface area contributed by atoms with E-state index in [9.17, 15) is 0 Å². The van der Waals surface area contributed by atoms with Crippen LogP contribution in [0.15, 0.2) is 34.6 Å². The van der Waals surface area contributed by atoms with Crippen molar-refractivity contribution < 1.29 is 5.11 Å². The quantitative estimate of drug-likeness (QED) is 0.494.